The molecular formula is C50H28F4N2O2. The third kappa shape index (κ3) is 5.44. The molecule has 0 atom stereocenters. The molecular weight excluding hydrogens is 737 g/mol. The zero-order valence-corrected chi connectivity index (χ0v) is 30.4. The van der Waals surface area contributed by atoms with Crippen molar-refractivity contribution in [3.05, 3.63) is 193 Å². The van der Waals surface area contributed by atoms with Crippen molar-refractivity contribution in [3.63, 3.8) is 0 Å². The van der Waals surface area contributed by atoms with Gasteiger partial charge in [0.15, 0.2) is 11.2 Å². The van der Waals surface area contributed by atoms with Crippen LogP contribution in [-0.4, -0.2) is 0 Å². The van der Waals surface area contributed by atoms with Gasteiger partial charge in [-0.2, -0.15) is 0 Å². The molecule has 11 rings (SSSR count). The Labute approximate surface area is 328 Å². The van der Waals surface area contributed by atoms with E-state index >= 15 is 0 Å². The van der Waals surface area contributed by atoms with E-state index in [0.29, 0.717) is 11.2 Å². The predicted molar refractivity (Wildman–Crippen MR) is 225 cm³/mol. The summed E-state index contributed by atoms with van der Waals surface area (Å²) in [6, 6.07) is 49.2. The fourth-order valence-electron chi connectivity index (χ4n) is 8.15. The molecule has 2 aromatic heterocycles. The molecule has 0 aliphatic heterocycles. The number of nitrogens with zero attached hydrogens (tertiary/aromatic N) is 2. The van der Waals surface area contributed by atoms with Gasteiger partial charge in [0.2, 0.25) is 0 Å². The largest absolute Gasteiger partial charge is 0.451 e. The SMILES string of the molecule is Fc1ccc(N(c2ccc(F)cc2)c2ccc3c(ccc4c5ccc6c7ccc8cc(N(c9ccc(F)cc9)c9ccc(F)cc9)ccc8c7oc6c5oc34)c2)cc1. The van der Waals surface area contributed by atoms with Gasteiger partial charge in [-0.1, -0.05) is 12.1 Å². The lowest BCUT2D eigenvalue weighted by Crippen LogP contribution is -2.10. The highest BCUT2D eigenvalue weighted by Crippen LogP contribution is 2.45. The van der Waals surface area contributed by atoms with Crippen LogP contribution < -0.4 is 9.80 Å². The number of hydrogen-bond donors (Lipinski definition) is 0. The van der Waals surface area contributed by atoms with Gasteiger partial charge in [0.05, 0.1) is 0 Å². The summed E-state index contributed by atoms with van der Waals surface area (Å²) in [6.07, 6.45) is 0. The number of fused-ring (bicyclic) bond motifs is 11. The highest BCUT2D eigenvalue weighted by molar-refractivity contribution is 6.24. The first-order valence-corrected chi connectivity index (χ1v) is 18.7. The quantitative estimate of drug-likeness (QED) is 0.158. The summed E-state index contributed by atoms with van der Waals surface area (Å²) < 4.78 is 69.2. The Morgan fingerprint density at radius 3 is 0.845 bits per heavy atom. The summed E-state index contributed by atoms with van der Waals surface area (Å²) in [4.78, 5) is 3.91. The molecule has 2 heterocycles. The van der Waals surface area contributed by atoms with E-state index < -0.39 is 0 Å². The topological polar surface area (TPSA) is 32.8 Å². The summed E-state index contributed by atoms with van der Waals surface area (Å²) in [7, 11) is 0. The third-order valence-electron chi connectivity index (χ3n) is 10.9. The van der Waals surface area contributed by atoms with Crippen molar-refractivity contribution in [2.45, 2.75) is 0 Å². The van der Waals surface area contributed by atoms with Crippen molar-refractivity contribution in [2.24, 2.45) is 0 Å². The summed E-state index contributed by atoms with van der Waals surface area (Å²) in [5.74, 6) is -1.38. The molecule has 0 N–H and O–H groups in total. The monoisotopic (exact) mass is 764 g/mol. The molecule has 0 amide bonds. The average Bonchev–Trinajstić information content (AvgIpc) is 3.83. The molecule has 8 heteroatoms. The maximum absolute atomic E-state index is 13.9. The first-order valence-electron chi connectivity index (χ1n) is 18.7. The predicted octanol–water partition coefficient (Wildman–Crippen LogP) is 15.3. The number of anilines is 6. The second-order valence-corrected chi connectivity index (χ2v) is 14.3. The molecule has 11 aromatic rings. The summed E-state index contributed by atoms with van der Waals surface area (Å²) >= 11 is 0. The second kappa shape index (κ2) is 13.0. The van der Waals surface area contributed by atoms with Crippen LogP contribution >= 0.6 is 0 Å². The minimum atomic E-state index is -0.345. The standard InChI is InChI=1S/C50H28F4N2O2/c51-31-3-11-35(12-4-31)55(36-13-5-32(52)6-14-36)39-19-23-41-29(27-39)1-21-43-45-25-26-46-44-22-2-30-28-40(20-24-42(30)48(44)58-50(46)49(45)57-47(41)43)56(37-15-7-33(53)8-16-37)38-17-9-34(54)10-18-38/h1-28H. The van der Waals surface area contributed by atoms with E-state index in [9.17, 15) is 17.6 Å². The van der Waals surface area contributed by atoms with Crippen molar-refractivity contribution in [2.75, 3.05) is 9.80 Å². The van der Waals surface area contributed by atoms with Crippen LogP contribution in [0.1, 0.15) is 0 Å². The van der Waals surface area contributed by atoms with Gasteiger partial charge in [0.1, 0.15) is 34.4 Å². The Morgan fingerprint density at radius 1 is 0.259 bits per heavy atom. The minimum Gasteiger partial charge on any atom is -0.451 e. The van der Waals surface area contributed by atoms with Crippen LogP contribution in [0.2, 0.25) is 0 Å². The molecule has 278 valence electrons. The zero-order valence-electron chi connectivity index (χ0n) is 30.4. The average molecular weight is 765 g/mol. The van der Waals surface area contributed by atoms with Gasteiger partial charge in [-0.3, -0.25) is 0 Å². The zero-order chi connectivity index (χ0) is 39.1. The minimum absolute atomic E-state index is 0.345. The molecule has 0 bridgehead atoms. The van der Waals surface area contributed by atoms with Gasteiger partial charge in [-0.05, 0) is 168 Å². The van der Waals surface area contributed by atoms with Gasteiger partial charge in [-0.25, -0.2) is 17.6 Å². The second-order valence-electron chi connectivity index (χ2n) is 14.3. The van der Waals surface area contributed by atoms with E-state index in [2.05, 4.69) is 24.3 Å². The van der Waals surface area contributed by atoms with Gasteiger partial charge in [0, 0.05) is 66.4 Å². The molecule has 0 fully saturated rings. The van der Waals surface area contributed by atoms with Crippen LogP contribution in [0.15, 0.2) is 179 Å². The van der Waals surface area contributed by atoms with E-state index in [4.69, 9.17) is 8.83 Å². The van der Waals surface area contributed by atoms with Crippen molar-refractivity contribution < 1.29 is 26.4 Å². The number of hydrogen-bond acceptors (Lipinski definition) is 4. The summed E-state index contributed by atoms with van der Waals surface area (Å²) in [5, 5.41) is 7.41. The summed E-state index contributed by atoms with van der Waals surface area (Å²) in [6.45, 7) is 0. The van der Waals surface area contributed by atoms with Crippen LogP contribution in [0.3, 0.4) is 0 Å². The lowest BCUT2D eigenvalue weighted by atomic mass is 10.0. The molecule has 0 radical (unpaired) electrons. The highest BCUT2D eigenvalue weighted by Gasteiger charge is 2.21. The Bertz CT molecular complexity index is 3060. The van der Waals surface area contributed by atoms with Crippen molar-refractivity contribution in [1.29, 1.82) is 0 Å². The molecule has 0 aliphatic rings. The first-order chi connectivity index (χ1) is 28.4. The Morgan fingerprint density at radius 2 is 0.517 bits per heavy atom. The third-order valence-corrected chi connectivity index (χ3v) is 10.9. The van der Waals surface area contributed by atoms with E-state index in [1.165, 1.54) is 48.5 Å². The Hall–Kier alpha value is -7.58. The highest BCUT2D eigenvalue weighted by atomic mass is 19.1. The van der Waals surface area contributed by atoms with Crippen LogP contribution in [0.4, 0.5) is 51.7 Å². The van der Waals surface area contributed by atoms with E-state index in [1.807, 2.05) is 58.3 Å². The maximum Gasteiger partial charge on any atom is 0.178 e. The van der Waals surface area contributed by atoms with Crippen molar-refractivity contribution in [1.82, 2.24) is 0 Å². The number of halogens is 4. The fraction of sp³-hybridized carbons (Fsp3) is 0. The van der Waals surface area contributed by atoms with E-state index in [1.54, 1.807) is 48.5 Å². The normalized spacial score (nSPS) is 11.8. The van der Waals surface area contributed by atoms with E-state index in [-0.39, 0.29) is 23.3 Å². The molecule has 0 saturated carbocycles. The van der Waals surface area contributed by atoms with Gasteiger partial charge in [0.25, 0.3) is 0 Å². The number of rotatable bonds is 6. The number of furan rings is 2. The lowest BCUT2D eigenvalue weighted by Gasteiger charge is -2.25. The van der Waals surface area contributed by atoms with Gasteiger partial charge >= 0.3 is 0 Å². The molecule has 0 saturated heterocycles. The Balaban J connectivity index is 1.03. The van der Waals surface area contributed by atoms with Crippen LogP contribution in [0.5, 0.6) is 0 Å². The molecule has 58 heavy (non-hydrogen) atoms. The van der Waals surface area contributed by atoms with Crippen LogP contribution in [-0.2, 0) is 0 Å². The Kier molecular flexibility index (Phi) is 7.56. The summed E-state index contributed by atoms with van der Waals surface area (Å²) in [5.41, 5.74) is 7.27. The molecule has 0 unspecified atom stereocenters. The molecule has 0 aliphatic carbocycles. The lowest BCUT2D eigenvalue weighted by molar-refractivity contribution is 0.627. The van der Waals surface area contributed by atoms with Crippen molar-refractivity contribution >= 4 is 99.5 Å². The van der Waals surface area contributed by atoms with Crippen LogP contribution in [0, 0.1) is 23.3 Å². The molecule has 9 aromatic carbocycles. The number of benzene rings is 9. The molecule has 0 spiro atoms. The fourth-order valence-corrected chi connectivity index (χ4v) is 8.15. The molecule has 4 nitrogen and oxygen atoms in total. The van der Waals surface area contributed by atoms with Gasteiger partial charge < -0.3 is 18.6 Å². The van der Waals surface area contributed by atoms with E-state index in [0.717, 1.165) is 88.4 Å². The van der Waals surface area contributed by atoms with Gasteiger partial charge in [-0.15, -0.1) is 0 Å². The first kappa shape index (κ1) is 33.7. The van der Waals surface area contributed by atoms with Crippen molar-refractivity contribution in [3.8, 4) is 0 Å². The smallest absolute Gasteiger partial charge is 0.178 e. The van der Waals surface area contributed by atoms with Crippen LogP contribution in [0.25, 0.3) is 65.4 Å². The maximum atomic E-state index is 13.9.